The van der Waals surface area contributed by atoms with Crippen molar-refractivity contribution in [3.05, 3.63) is 98.5 Å². The van der Waals surface area contributed by atoms with Crippen LogP contribution in [0.3, 0.4) is 0 Å². The third-order valence-corrected chi connectivity index (χ3v) is 5.74. The molecule has 0 radical (unpaired) electrons. The molecule has 0 aliphatic carbocycles. The Bertz CT molecular complexity index is 1380. The first-order chi connectivity index (χ1) is 15.8. The van der Waals surface area contributed by atoms with Crippen molar-refractivity contribution in [1.82, 2.24) is 4.90 Å². The highest BCUT2D eigenvalue weighted by Gasteiger charge is 2.35. The van der Waals surface area contributed by atoms with Gasteiger partial charge in [-0.2, -0.15) is 5.26 Å². The van der Waals surface area contributed by atoms with Gasteiger partial charge in [-0.15, -0.1) is 0 Å². The van der Waals surface area contributed by atoms with Crippen LogP contribution in [-0.4, -0.2) is 16.7 Å². The Morgan fingerprint density at radius 2 is 1.79 bits per heavy atom. The predicted octanol–water partition coefficient (Wildman–Crippen LogP) is 6.18. The Hall–Kier alpha value is -3.66. The Morgan fingerprint density at radius 1 is 1.06 bits per heavy atom. The SMILES string of the molecule is CC1=C(C#N)C(=O)N(Cc2ccc(F)cc2)C(=O)/C1=C/c1ccc(-c2ccc(Cl)cc2Cl)o1. The number of nitriles is 1. The van der Waals surface area contributed by atoms with Crippen molar-refractivity contribution in [2.75, 3.05) is 0 Å². The van der Waals surface area contributed by atoms with Crippen LogP contribution in [0.25, 0.3) is 17.4 Å². The number of furan rings is 1. The number of carbonyl (C=O) groups is 2. The lowest BCUT2D eigenvalue weighted by atomic mass is 9.94. The Morgan fingerprint density at radius 3 is 2.45 bits per heavy atom. The maximum absolute atomic E-state index is 13.2. The van der Waals surface area contributed by atoms with Gasteiger partial charge in [-0.1, -0.05) is 35.3 Å². The van der Waals surface area contributed by atoms with Crippen LogP contribution in [0, 0.1) is 17.1 Å². The Balaban J connectivity index is 1.71. The fourth-order valence-electron chi connectivity index (χ4n) is 3.45. The molecule has 0 saturated carbocycles. The molecule has 3 aromatic rings. The summed E-state index contributed by atoms with van der Waals surface area (Å²) in [4.78, 5) is 26.9. The van der Waals surface area contributed by atoms with Crippen LogP contribution in [0.5, 0.6) is 0 Å². The van der Waals surface area contributed by atoms with Crippen molar-refractivity contribution in [2.45, 2.75) is 13.5 Å². The van der Waals surface area contributed by atoms with Crippen LogP contribution in [0.4, 0.5) is 4.39 Å². The van der Waals surface area contributed by atoms with Crippen LogP contribution in [-0.2, 0) is 16.1 Å². The third-order valence-electron chi connectivity index (χ3n) is 5.19. The average molecular weight is 481 g/mol. The summed E-state index contributed by atoms with van der Waals surface area (Å²) >= 11 is 12.2. The number of amides is 2. The highest BCUT2D eigenvalue weighted by atomic mass is 35.5. The Labute approximate surface area is 198 Å². The second-order valence-electron chi connectivity index (χ2n) is 7.32. The van der Waals surface area contributed by atoms with E-state index in [0.29, 0.717) is 32.7 Å². The van der Waals surface area contributed by atoms with Gasteiger partial charge in [-0.05, 0) is 66.6 Å². The lowest BCUT2D eigenvalue weighted by Crippen LogP contribution is -2.42. The number of carbonyl (C=O) groups excluding carboxylic acids is 2. The monoisotopic (exact) mass is 480 g/mol. The first kappa shape index (κ1) is 22.5. The average Bonchev–Trinajstić information content (AvgIpc) is 3.24. The van der Waals surface area contributed by atoms with Gasteiger partial charge in [0.25, 0.3) is 11.8 Å². The van der Waals surface area contributed by atoms with Gasteiger partial charge in [-0.3, -0.25) is 14.5 Å². The minimum Gasteiger partial charge on any atom is -0.457 e. The van der Waals surface area contributed by atoms with E-state index in [1.165, 1.54) is 37.3 Å². The summed E-state index contributed by atoms with van der Waals surface area (Å²) in [6.07, 6.45) is 1.48. The second kappa shape index (κ2) is 9.07. The maximum Gasteiger partial charge on any atom is 0.271 e. The van der Waals surface area contributed by atoms with Crippen LogP contribution in [0.15, 0.2) is 75.7 Å². The molecule has 0 spiro atoms. The molecule has 1 aliphatic rings. The van der Waals surface area contributed by atoms with Gasteiger partial charge in [0.15, 0.2) is 0 Å². The topological polar surface area (TPSA) is 74.3 Å². The molecule has 2 aromatic carbocycles. The summed E-state index contributed by atoms with van der Waals surface area (Å²) in [5.74, 6) is -0.906. The minimum atomic E-state index is -0.699. The summed E-state index contributed by atoms with van der Waals surface area (Å²) in [6, 6.07) is 15.7. The van der Waals surface area contributed by atoms with Crippen molar-refractivity contribution >= 4 is 41.1 Å². The van der Waals surface area contributed by atoms with Gasteiger partial charge in [-0.25, -0.2) is 4.39 Å². The Kier molecular flexibility index (Phi) is 6.19. The number of hydrogen-bond donors (Lipinski definition) is 0. The molecular weight excluding hydrogens is 466 g/mol. The molecule has 0 N–H and O–H groups in total. The predicted molar refractivity (Wildman–Crippen MR) is 122 cm³/mol. The maximum atomic E-state index is 13.2. The lowest BCUT2D eigenvalue weighted by Gasteiger charge is -2.27. The van der Waals surface area contributed by atoms with E-state index in [9.17, 15) is 19.2 Å². The molecule has 33 heavy (non-hydrogen) atoms. The van der Waals surface area contributed by atoms with E-state index < -0.39 is 17.6 Å². The van der Waals surface area contributed by atoms with Crippen molar-refractivity contribution in [3.8, 4) is 17.4 Å². The van der Waals surface area contributed by atoms with Crippen molar-refractivity contribution in [1.29, 1.82) is 5.26 Å². The molecule has 0 unspecified atom stereocenters. The summed E-state index contributed by atoms with van der Waals surface area (Å²) in [5.41, 5.74) is 1.43. The number of imide groups is 1. The van der Waals surface area contributed by atoms with Crippen molar-refractivity contribution in [3.63, 3.8) is 0 Å². The molecule has 0 atom stereocenters. The third kappa shape index (κ3) is 4.47. The van der Waals surface area contributed by atoms with Crippen LogP contribution in [0.1, 0.15) is 18.2 Å². The normalized spacial score (nSPS) is 15.4. The zero-order valence-electron chi connectivity index (χ0n) is 17.2. The van der Waals surface area contributed by atoms with Gasteiger partial charge >= 0.3 is 0 Å². The molecule has 2 heterocycles. The quantitative estimate of drug-likeness (QED) is 0.329. The van der Waals surface area contributed by atoms with E-state index in [4.69, 9.17) is 27.6 Å². The van der Waals surface area contributed by atoms with E-state index in [1.54, 1.807) is 30.3 Å². The number of benzene rings is 2. The van der Waals surface area contributed by atoms with Gasteiger partial charge in [0.2, 0.25) is 0 Å². The van der Waals surface area contributed by atoms with E-state index in [-0.39, 0.29) is 23.3 Å². The molecule has 0 fully saturated rings. The molecule has 0 saturated heterocycles. The number of halogens is 3. The van der Waals surface area contributed by atoms with Crippen LogP contribution < -0.4 is 0 Å². The summed E-state index contributed by atoms with van der Waals surface area (Å²) in [6.45, 7) is 1.44. The van der Waals surface area contributed by atoms with Crippen molar-refractivity contribution < 1.29 is 18.4 Å². The van der Waals surface area contributed by atoms with E-state index in [1.807, 2.05) is 6.07 Å². The van der Waals surface area contributed by atoms with Gasteiger partial charge in [0, 0.05) is 16.2 Å². The zero-order valence-corrected chi connectivity index (χ0v) is 18.7. The molecule has 164 valence electrons. The molecule has 1 aliphatic heterocycles. The van der Waals surface area contributed by atoms with Gasteiger partial charge < -0.3 is 4.42 Å². The van der Waals surface area contributed by atoms with Crippen LogP contribution in [0.2, 0.25) is 10.0 Å². The van der Waals surface area contributed by atoms with E-state index >= 15 is 0 Å². The molecule has 2 amide bonds. The molecule has 4 rings (SSSR count). The van der Waals surface area contributed by atoms with Gasteiger partial charge in [0.05, 0.1) is 11.6 Å². The number of hydrogen-bond acceptors (Lipinski definition) is 4. The first-order valence-electron chi connectivity index (χ1n) is 9.77. The van der Waals surface area contributed by atoms with E-state index in [0.717, 1.165) is 4.90 Å². The summed E-state index contributed by atoms with van der Waals surface area (Å²) < 4.78 is 19.1. The molecule has 1 aromatic heterocycles. The fourth-order valence-corrected chi connectivity index (χ4v) is 3.95. The molecular formula is C25H15Cl2FN2O3. The smallest absolute Gasteiger partial charge is 0.271 e. The molecule has 8 heteroatoms. The van der Waals surface area contributed by atoms with Gasteiger partial charge in [0.1, 0.15) is 29.0 Å². The standard InChI is InChI=1S/C25H15Cl2FN2O3/c1-14-20(11-18-7-9-23(33-18)19-8-4-16(26)10-22(19)27)24(31)30(25(32)21(14)12-29)13-15-2-5-17(28)6-3-15/h2-11H,13H2,1H3/b20-11+. The minimum absolute atomic E-state index is 0.0997. The molecule has 5 nitrogen and oxygen atoms in total. The highest BCUT2D eigenvalue weighted by molar-refractivity contribution is 6.36. The fraction of sp³-hybridized carbons (Fsp3) is 0.0800. The van der Waals surface area contributed by atoms with E-state index in [2.05, 4.69) is 0 Å². The highest BCUT2D eigenvalue weighted by Crippen LogP contribution is 2.33. The number of rotatable bonds is 4. The summed E-state index contributed by atoms with van der Waals surface area (Å²) in [5, 5.41) is 10.4. The van der Waals surface area contributed by atoms with Crippen LogP contribution >= 0.6 is 23.2 Å². The van der Waals surface area contributed by atoms with Crippen molar-refractivity contribution in [2.24, 2.45) is 0 Å². The second-order valence-corrected chi connectivity index (χ2v) is 8.16. The lowest BCUT2D eigenvalue weighted by molar-refractivity contribution is -0.141. The number of nitrogens with zero attached hydrogens (tertiary/aromatic N) is 2. The largest absolute Gasteiger partial charge is 0.457 e. The zero-order chi connectivity index (χ0) is 23.7. The summed E-state index contributed by atoms with van der Waals surface area (Å²) in [7, 11) is 0. The molecule has 0 bridgehead atoms. The first-order valence-corrected chi connectivity index (χ1v) is 10.5.